The van der Waals surface area contributed by atoms with Crippen molar-refractivity contribution in [3.8, 4) is 11.4 Å². The van der Waals surface area contributed by atoms with E-state index in [0.29, 0.717) is 11.7 Å². The smallest absolute Gasteiger partial charge is 0.319 e. The number of aromatic nitrogens is 3. The zero-order valence-corrected chi connectivity index (χ0v) is 13.9. The molecule has 2 saturated heterocycles. The molecule has 3 atom stereocenters. The molecule has 0 radical (unpaired) electrons. The zero-order chi connectivity index (χ0) is 16.7. The normalized spacial score (nSPS) is 25.8. The van der Waals surface area contributed by atoms with Crippen LogP contribution in [0.4, 0.5) is 4.79 Å². The number of pyridine rings is 1. The van der Waals surface area contributed by atoms with Crippen LogP contribution < -0.4 is 0 Å². The minimum absolute atomic E-state index is 0.113. The van der Waals surface area contributed by atoms with Crippen molar-refractivity contribution in [3.63, 3.8) is 0 Å². The molecular formula is C17H21N5O2. The second-order valence-electron chi connectivity index (χ2n) is 6.84. The highest BCUT2D eigenvalue weighted by Crippen LogP contribution is 2.43. The van der Waals surface area contributed by atoms with Crippen LogP contribution >= 0.6 is 0 Å². The lowest BCUT2D eigenvalue weighted by atomic mass is 9.90. The van der Waals surface area contributed by atoms with Gasteiger partial charge in [0.2, 0.25) is 11.7 Å². The molecule has 0 spiro atoms. The van der Waals surface area contributed by atoms with E-state index in [1.54, 1.807) is 17.3 Å². The van der Waals surface area contributed by atoms with Gasteiger partial charge in [-0.05, 0) is 37.8 Å². The van der Waals surface area contributed by atoms with Crippen molar-refractivity contribution in [2.45, 2.75) is 43.7 Å². The first kappa shape index (κ1) is 15.1. The van der Waals surface area contributed by atoms with Crippen LogP contribution in [0.2, 0.25) is 0 Å². The average Bonchev–Trinajstić information content (AvgIpc) is 3.18. The lowest BCUT2D eigenvalue weighted by Gasteiger charge is -2.39. The molecule has 0 saturated carbocycles. The van der Waals surface area contributed by atoms with E-state index in [9.17, 15) is 4.79 Å². The summed E-state index contributed by atoms with van der Waals surface area (Å²) in [5.41, 5.74) is 0.857. The van der Waals surface area contributed by atoms with Crippen molar-refractivity contribution in [2.75, 3.05) is 14.1 Å². The van der Waals surface area contributed by atoms with Crippen LogP contribution in [-0.4, -0.2) is 57.1 Å². The van der Waals surface area contributed by atoms with E-state index in [-0.39, 0.29) is 24.0 Å². The number of urea groups is 1. The molecule has 4 heterocycles. The molecule has 7 heteroatoms. The minimum Gasteiger partial charge on any atom is -0.339 e. The van der Waals surface area contributed by atoms with Gasteiger partial charge in [-0.1, -0.05) is 5.16 Å². The summed E-state index contributed by atoms with van der Waals surface area (Å²) in [6.45, 7) is 0. The average molecular weight is 327 g/mol. The molecular weight excluding hydrogens is 306 g/mol. The third kappa shape index (κ3) is 2.53. The zero-order valence-electron chi connectivity index (χ0n) is 13.9. The Kier molecular flexibility index (Phi) is 3.70. The molecule has 0 N–H and O–H groups in total. The molecule has 2 aliphatic heterocycles. The van der Waals surface area contributed by atoms with Gasteiger partial charge in [0.1, 0.15) is 0 Å². The predicted molar refractivity (Wildman–Crippen MR) is 87.2 cm³/mol. The first-order chi connectivity index (χ1) is 11.6. The van der Waals surface area contributed by atoms with Gasteiger partial charge in [-0.15, -0.1) is 0 Å². The van der Waals surface area contributed by atoms with E-state index < -0.39 is 0 Å². The summed E-state index contributed by atoms with van der Waals surface area (Å²) in [5, 5.41) is 4.10. The Morgan fingerprint density at radius 2 is 2.04 bits per heavy atom. The van der Waals surface area contributed by atoms with Gasteiger partial charge in [-0.3, -0.25) is 4.98 Å². The number of rotatable bonds is 2. The fraction of sp³-hybridized carbons (Fsp3) is 0.529. The quantitative estimate of drug-likeness (QED) is 0.847. The number of hydrogen-bond donors (Lipinski definition) is 0. The lowest BCUT2D eigenvalue weighted by molar-refractivity contribution is 0.111. The van der Waals surface area contributed by atoms with Gasteiger partial charge in [0.05, 0.1) is 0 Å². The van der Waals surface area contributed by atoms with Gasteiger partial charge in [0.25, 0.3) is 0 Å². The Balaban J connectivity index is 1.52. The number of piperidine rings is 1. The van der Waals surface area contributed by atoms with E-state index in [0.717, 1.165) is 31.2 Å². The van der Waals surface area contributed by atoms with Crippen molar-refractivity contribution in [2.24, 2.45) is 0 Å². The summed E-state index contributed by atoms with van der Waals surface area (Å²) in [5.74, 6) is 1.49. The first-order valence-corrected chi connectivity index (χ1v) is 8.37. The van der Waals surface area contributed by atoms with E-state index in [1.807, 2.05) is 26.2 Å². The summed E-state index contributed by atoms with van der Waals surface area (Å²) in [7, 11) is 3.62. The maximum atomic E-state index is 12.4. The van der Waals surface area contributed by atoms with Gasteiger partial charge in [-0.2, -0.15) is 4.98 Å². The van der Waals surface area contributed by atoms with E-state index in [1.165, 1.54) is 0 Å². The van der Waals surface area contributed by atoms with Crippen molar-refractivity contribution in [3.05, 3.63) is 30.4 Å². The van der Waals surface area contributed by atoms with Crippen LogP contribution in [0.25, 0.3) is 11.4 Å². The second kappa shape index (κ2) is 5.89. The van der Waals surface area contributed by atoms with Crippen LogP contribution in [-0.2, 0) is 0 Å². The molecule has 4 rings (SSSR count). The third-order valence-corrected chi connectivity index (χ3v) is 5.05. The largest absolute Gasteiger partial charge is 0.339 e. The fourth-order valence-electron chi connectivity index (χ4n) is 3.94. The van der Waals surface area contributed by atoms with E-state index in [4.69, 9.17) is 4.52 Å². The molecule has 7 nitrogen and oxygen atoms in total. The molecule has 0 aliphatic carbocycles. The minimum atomic E-state index is 0.113. The molecule has 2 aromatic heterocycles. The van der Waals surface area contributed by atoms with Gasteiger partial charge < -0.3 is 14.3 Å². The second-order valence-corrected chi connectivity index (χ2v) is 6.84. The monoisotopic (exact) mass is 327 g/mol. The molecule has 2 aromatic rings. The highest BCUT2D eigenvalue weighted by molar-refractivity contribution is 5.75. The van der Waals surface area contributed by atoms with Crippen molar-refractivity contribution < 1.29 is 9.32 Å². The van der Waals surface area contributed by atoms with Gasteiger partial charge >= 0.3 is 6.03 Å². The topological polar surface area (TPSA) is 75.4 Å². The Labute approximate surface area is 140 Å². The first-order valence-electron chi connectivity index (χ1n) is 8.37. The molecule has 126 valence electrons. The maximum Gasteiger partial charge on any atom is 0.319 e. The molecule has 2 bridgehead atoms. The molecule has 2 aliphatic rings. The third-order valence-electron chi connectivity index (χ3n) is 5.05. The summed E-state index contributed by atoms with van der Waals surface area (Å²) in [6, 6.07) is 4.44. The summed E-state index contributed by atoms with van der Waals surface area (Å²) in [4.78, 5) is 24.8. The number of nitrogens with zero attached hydrogens (tertiary/aromatic N) is 5. The van der Waals surface area contributed by atoms with Gasteiger partial charge in [0.15, 0.2) is 0 Å². The highest BCUT2D eigenvalue weighted by atomic mass is 16.5. The highest BCUT2D eigenvalue weighted by Gasteiger charge is 2.45. The summed E-state index contributed by atoms with van der Waals surface area (Å²) in [6.07, 6.45) is 7.36. The predicted octanol–water partition coefficient (Wildman–Crippen LogP) is 2.52. The Hall–Kier alpha value is -2.44. The molecule has 1 unspecified atom stereocenters. The maximum absolute atomic E-state index is 12.4. The van der Waals surface area contributed by atoms with Crippen molar-refractivity contribution >= 4 is 6.03 Å². The van der Waals surface area contributed by atoms with Gasteiger partial charge in [-0.25, -0.2) is 4.79 Å². The van der Waals surface area contributed by atoms with Crippen LogP contribution in [0.5, 0.6) is 0 Å². The number of hydrogen-bond acceptors (Lipinski definition) is 5. The van der Waals surface area contributed by atoms with E-state index in [2.05, 4.69) is 20.0 Å². The summed E-state index contributed by atoms with van der Waals surface area (Å²) >= 11 is 0. The van der Waals surface area contributed by atoms with Crippen LogP contribution in [0.3, 0.4) is 0 Å². The van der Waals surface area contributed by atoms with Crippen molar-refractivity contribution in [1.82, 2.24) is 24.9 Å². The Bertz CT molecular complexity index is 716. The number of carbonyl (C=O) groups excluding carboxylic acids is 1. The van der Waals surface area contributed by atoms with Crippen LogP contribution in [0, 0.1) is 0 Å². The molecule has 24 heavy (non-hydrogen) atoms. The number of amides is 2. The molecule has 0 aromatic carbocycles. The van der Waals surface area contributed by atoms with Crippen LogP contribution in [0.1, 0.15) is 37.5 Å². The lowest BCUT2D eigenvalue weighted by Crippen LogP contribution is -2.50. The van der Waals surface area contributed by atoms with Crippen LogP contribution in [0.15, 0.2) is 29.0 Å². The fourth-order valence-corrected chi connectivity index (χ4v) is 3.94. The van der Waals surface area contributed by atoms with Crippen molar-refractivity contribution in [1.29, 1.82) is 0 Å². The SMILES string of the molecule is CN(C)C(=O)N1[C@@H]2CC[C@H]1CC(c1nc(-c3cccnc3)no1)C2. The van der Waals surface area contributed by atoms with Gasteiger partial charge in [0, 0.05) is 50.1 Å². The summed E-state index contributed by atoms with van der Waals surface area (Å²) < 4.78 is 5.52. The Morgan fingerprint density at radius 3 is 2.67 bits per heavy atom. The molecule has 2 fully saturated rings. The standard InChI is InChI=1S/C17H21N5O2/c1-21(2)17(23)22-13-5-6-14(22)9-12(8-13)16-19-15(20-24-16)11-4-3-7-18-10-11/h3-4,7,10,12-14H,5-6,8-9H2,1-2H3/t12?,13-,14+. The number of fused-ring (bicyclic) bond motifs is 2. The number of carbonyl (C=O) groups is 1. The Morgan fingerprint density at radius 1 is 1.29 bits per heavy atom. The van der Waals surface area contributed by atoms with E-state index >= 15 is 0 Å². The molecule has 2 amide bonds.